The molecule has 0 fully saturated rings. The largest absolute Gasteiger partial charge is 0.400 e. The van der Waals surface area contributed by atoms with Gasteiger partial charge in [0.1, 0.15) is 0 Å². The van der Waals surface area contributed by atoms with Crippen molar-refractivity contribution in [3.05, 3.63) is 0 Å². The van der Waals surface area contributed by atoms with E-state index >= 15 is 0 Å². The molecule has 0 saturated carbocycles. The molecule has 0 aliphatic rings. The zero-order valence-corrected chi connectivity index (χ0v) is 7.88. The smallest absolute Gasteiger partial charge is 0.335 e. The van der Waals surface area contributed by atoms with E-state index in [1.54, 1.807) is 0 Å². The van der Waals surface area contributed by atoms with Crippen LogP contribution in [0.15, 0.2) is 0 Å². The van der Waals surface area contributed by atoms with Gasteiger partial charge in [-0.2, -0.15) is 39.5 Å². The van der Waals surface area contributed by atoms with Gasteiger partial charge in [0.05, 0.1) is 0 Å². The second kappa shape index (κ2) is 4.11. The van der Waals surface area contributed by atoms with Crippen LogP contribution in [0, 0.1) is 0 Å². The first-order chi connectivity index (χ1) is 7.56. The van der Waals surface area contributed by atoms with Gasteiger partial charge in [0.25, 0.3) is 0 Å². The van der Waals surface area contributed by atoms with Gasteiger partial charge in [0.15, 0.2) is 6.67 Å². The first-order valence-corrected chi connectivity index (χ1v) is 3.77. The number of alkyl halides is 10. The predicted octanol–water partition coefficient (Wildman–Crippen LogP) is 2.10. The Labute approximate surface area is 91.8 Å². The molecule has 0 rings (SSSR count). The topological polar surface area (TPSA) is 40.5 Å². The Balaban J connectivity index is 5.80. The average molecular weight is 298 g/mol. The van der Waals surface area contributed by atoms with Crippen LogP contribution in [0.25, 0.3) is 0 Å². The van der Waals surface area contributed by atoms with Crippen molar-refractivity contribution in [1.29, 1.82) is 0 Å². The minimum Gasteiger partial charge on any atom is -0.335 e. The van der Waals surface area contributed by atoms with Gasteiger partial charge in [-0.15, -0.1) is 0 Å². The third-order valence-electron chi connectivity index (χ3n) is 1.82. The maximum Gasteiger partial charge on any atom is 0.400 e. The molecule has 0 aliphatic carbocycles. The number of hydrogen-bond donors (Lipinski definition) is 2. The third kappa shape index (κ3) is 2.11. The molecule has 0 aliphatic heterocycles. The first kappa shape index (κ1) is 17.2. The molecule has 0 saturated heterocycles. The van der Waals surface area contributed by atoms with E-state index in [-0.39, 0.29) is 0 Å². The maximum atomic E-state index is 12.5. The molecule has 2 nitrogen and oxygen atoms in total. The monoisotopic (exact) mass is 298 g/mol. The maximum absolute atomic E-state index is 12.5. The Hall–Kier alpha value is -0.780. The van der Waals surface area contributed by atoms with Gasteiger partial charge >= 0.3 is 29.7 Å². The van der Waals surface area contributed by atoms with Crippen molar-refractivity contribution in [2.45, 2.75) is 29.7 Å². The number of rotatable bonds is 5. The molecule has 0 aromatic heterocycles. The minimum atomic E-state index is -7.27. The average Bonchev–Trinajstić information content (AvgIpc) is 2.15. The molecular weight excluding hydrogens is 294 g/mol. The van der Waals surface area contributed by atoms with Gasteiger partial charge in [-0.1, -0.05) is 0 Å². The fourth-order valence-corrected chi connectivity index (χ4v) is 0.711. The summed E-state index contributed by atoms with van der Waals surface area (Å²) in [5.74, 6) is -27.6. The Morgan fingerprint density at radius 1 is 0.611 bits per heavy atom. The standard InChI is InChI=1S/C6H4F10O2/c7-1-2(8,9)3(10,11)4(12,13)5(14,15)6(16,17)18/h17-18H,1H2. The Kier molecular flexibility index (Phi) is 3.94. The summed E-state index contributed by atoms with van der Waals surface area (Å²) >= 11 is 0. The van der Waals surface area contributed by atoms with E-state index in [2.05, 4.69) is 0 Å². The SMILES string of the molecule is OC(O)(F)C(F)(F)C(F)(F)C(F)(F)C(F)(F)CF. The number of aliphatic hydroxyl groups is 2. The van der Waals surface area contributed by atoms with Gasteiger partial charge in [-0.3, -0.25) is 0 Å². The zero-order chi connectivity index (χ0) is 15.2. The molecule has 0 bridgehead atoms. The summed E-state index contributed by atoms with van der Waals surface area (Å²) in [4.78, 5) is 0. The van der Waals surface area contributed by atoms with Crippen molar-refractivity contribution in [2.24, 2.45) is 0 Å². The minimum absolute atomic E-state index is 3.46. The highest BCUT2D eigenvalue weighted by Gasteiger charge is 2.85. The summed E-state index contributed by atoms with van der Waals surface area (Å²) in [5, 5.41) is 15.1. The van der Waals surface area contributed by atoms with Gasteiger partial charge < -0.3 is 10.2 Å². The molecule has 0 atom stereocenters. The van der Waals surface area contributed by atoms with Crippen LogP contribution >= 0.6 is 0 Å². The Morgan fingerprint density at radius 3 is 1.17 bits per heavy atom. The molecule has 0 aromatic carbocycles. The van der Waals surface area contributed by atoms with E-state index in [1.165, 1.54) is 0 Å². The first-order valence-electron chi connectivity index (χ1n) is 3.77. The summed E-state index contributed by atoms with van der Waals surface area (Å²) in [6, 6.07) is -6.22. The second-order valence-corrected chi connectivity index (χ2v) is 3.15. The summed E-state index contributed by atoms with van der Waals surface area (Å²) in [7, 11) is 0. The van der Waals surface area contributed by atoms with Crippen LogP contribution in [0.3, 0.4) is 0 Å². The Bertz CT molecular complexity index is 306. The highest BCUT2D eigenvalue weighted by atomic mass is 19.4. The highest BCUT2D eigenvalue weighted by molar-refractivity contribution is 5.05. The normalized spacial score (nSPS) is 16.0. The lowest BCUT2D eigenvalue weighted by atomic mass is 9.98. The molecule has 0 spiro atoms. The van der Waals surface area contributed by atoms with Crippen molar-refractivity contribution in [2.75, 3.05) is 6.67 Å². The molecule has 110 valence electrons. The summed E-state index contributed by atoms with van der Waals surface area (Å²) in [6.45, 7) is -3.46. The molecular formula is C6H4F10O2. The molecule has 0 heterocycles. The van der Waals surface area contributed by atoms with E-state index in [1.807, 2.05) is 0 Å². The number of halogens is 10. The lowest BCUT2D eigenvalue weighted by Gasteiger charge is -2.37. The van der Waals surface area contributed by atoms with Crippen LogP contribution in [-0.2, 0) is 0 Å². The van der Waals surface area contributed by atoms with Crippen molar-refractivity contribution in [1.82, 2.24) is 0 Å². The van der Waals surface area contributed by atoms with Crippen molar-refractivity contribution in [3.8, 4) is 0 Å². The molecule has 12 heteroatoms. The van der Waals surface area contributed by atoms with Crippen LogP contribution in [0.2, 0.25) is 0 Å². The molecule has 18 heavy (non-hydrogen) atoms. The van der Waals surface area contributed by atoms with Crippen LogP contribution in [0.4, 0.5) is 43.9 Å². The van der Waals surface area contributed by atoms with Crippen LogP contribution in [0.5, 0.6) is 0 Å². The second-order valence-electron chi connectivity index (χ2n) is 3.15. The van der Waals surface area contributed by atoms with E-state index in [0.29, 0.717) is 0 Å². The Morgan fingerprint density at radius 2 is 0.944 bits per heavy atom. The van der Waals surface area contributed by atoms with Gasteiger partial charge in [-0.05, 0) is 0 Å². The molecule has 0 amide bonds. The van der Waals surface area contributed by atoms with Crippen LogP contribution in [-0.4, -0.2) is 46.6 Å². The summed E-state index contributed by atoms with van der Waals surface area (Å²) in [5.41, 5.74) is 0. The molecule has 2 N–H and O–H groups in total. The van der Waals surface area contributed by atoms with E-state index in [0.717, 1.165) is 0 Å². The van der Waals surface area contributed by atoms with E-state index in [9.17, 15) is 43.9 Å². The van der Waals surface area contributed by atoms with Gasteiger partial charge in [0, 0.05) is 0 Å². The van der Waals surface area contributed by atoms with Crippen molar-refractivity contribution in [3.63, 3.8) is 0 Å². The fourth-order valence-electron chi connectivity index (χ4n) is 0.711. The lowest BCUT2D eigenvalue weighted by Crippen LogP contribution is -2.68. The van der Waals surface area contributed by atoms with Crippen molar-refractivity contribution >= 4 is 0 Å². The zero-order valence-electron chi connectivity index (χ0n) is 7.88. The highest BCUT2D eigenvalue weighted by Crippen LogP contribution is 2.55. The van der Waals surface area contributed by atoms with Gasteiger partial charge in [0.2, 0.25) is 0 Å². The fraction of sp³-hybridized carbons (Fsp3) is 1.00. The van der Waals surface area contributed by atoms with Crippen LogP contribution in [0.1, 0.15) is 0 Å². The van der Waals surface area contributed by atoms with E-state index in [4.69, 9.17) is 10.2 Å². The third-order valence-corrected chi connectivity index (χ3v) is 1.82. The molecule has 0 unspecified atom stereocenters. The number of hydrogen-bond acceptors (Lipinski definition) is 2. The summed E-state index contributed by atoms with van der Waals surface area (Å²) in [6.07, 6.45) is 0. The molecule has 0 radical (unpaired) electrons. The lowest BCUT2D eigenvalue weighted by molar-refractivity contribution is -0.456. The predicted molar refractivity (Wildman–Crippen MR) is 34.0 cm³/mol. The van der Waals surface area contributed by atoms with Crippen LogP contribution < -0.4 is 0 Å². The van der Waals surface area contributed by atoms with Crippen molar-refractivity contribution < 1.29 is 54.1 Å². The van der Waals surface area contributed by atoms with Gasteiger partial charge in [-0.25, -0.2) is 4.39 Å². The quantitative estimate of drug-likeness (QED) is 0.603. The van der Waals surface area contributed by atoms with E-state index < -0.39 is 36.4 Å². The summed E-state index contributed by atoms with van der Waals surface area (Å²) < 4.78 is 122. The molecule has 0 aromatic rings.